The van der Waals surface area contributed by atoms with Gasteiger partial charge in [-0.15, -0.1) is 0 Å². The van der Waals surface area contributed by atoms with E-state index in [1.807, 2.05) is 0 Å². The molecule has 0 amide bonds. The van der Waals surface area contributed by atoms with Crippen LogP contribution in [0.15, 0.2) is 36.5 Å². The van der Waals surface area contributed by atoms with Crippen LogP contribution in [0.2, 0.25) is 0 Å². The van der Waals surface area contributed by atoms with Gasteiger partial charge in [-0.3, -0.25) is 14.4 Å². The Bertz CT molecular complexity index is 1050. The lowest BCUT2D eigenvalue weighted by molar-refractivity contribution is -0.167. The Morgan fingerprint density at radius 1 is 0.306 bits per heavy atom. The molecule has 0 N–H and O–H groups in total. The van der Waals surface area contributed by atoms with Crippen LogP contribution in [-0.4, -0.2) is 37.2 Å². The van der Waals surface area contributed by atoms with Gasteiger partial charge in [0.2, 0.25) is 0 Å². The topological polar surface area (TPSA) is 78.9 Å². The van der Waals surface area contributed by atoms with E-state index in [1.165, 1.54) is 167 Å². The van der Waals surface area contributed by atoms with Gasteiger partial charge < -0.3 is 14.2 Å². The number of hydrogen-bond donors (Lipinski definition) is 0. The first-order chi connectivity index (χ1) is 30.5. The molecule has 6 heteroatoms. The van der Waals surface area contributed by atoms with Crippen molar-refractivity contribution >= 4 is 17.9 Å². The highest BCUT2D eigenvalue weighted by molar-refractivity contribution is 5.71. The fraction of sp³-hybridized carbons (Fsp3) is 0.839. The van der Waals surface area contributed by atoms with Crippen LogP contribution in [-0.2, 0) is 28.6 Å². The molecule has 0 unspecified atom stereocenters. The second-order valence-electron chi connectivity index (χ2n) is 18.1. The van der Waals surface area contributed by atoms with Crippen molar-refractivity contribution in [3.63, 3.8) is 0 Å². The largest absolute Gasteiger partial charge is 0.462 e. The van der Waals surface area contributed by atoms with E-state index in [0.29, 0.717) is 19.3 Å². The zero-order valence-corrected chi connectivity index (χ0v) is 41.4. The first kappa shape index (κ1) is 59.6. The number of carbonyl (C=O) groups excluding carboxylic acids is 3. The fourth-order valence-corrected chi connectivity index (χ4v) is 7.71. The van der Waals surface area contributed by atoms with Gasteiger partial charge in [0.05, 0.1) is 0 Å². The summed E-state index contributed by atoms with van der Waals surface area (Å²) in [7, 11) is 0. The molecular formula is C56H102O6. The third kappa shape index (κ3) is 48.7. The second-order valence-corrected chi connectivity index (χ2v) is 18.1. The van der Waals surface area contributed by atoms with Crippen molar-refractivity contribution in [1.82, 2.24) is 0 Å². The van der Waals surface area contributed by atoms with Gasteiger partial charge in [0.1, 0.15) is 13.2 Å². The molecule has 0 saturated carbocycles. The predicted molar refractivity (Wildman–Crippen MR) is 266 cm³/mol. The Morgan fingerprint density at radius 2 is 0.548 bits per heavy atom. The van der Waals surface area contributed by atoms with Crippen LogP contribution in [0.5, 0.6) is 0 Å². The van der Waals surface area contributed by atoms with Crippen molar-refractivity contribution in [2.75, 3.05) is 13.2 Å². The van der Waals surface area contributed by atoms with Crippen LogP contribution in [0.25, 0.3) is 0 Å². The number of hydrogen-bond acceptors (Lipinski definition) is 6. The summed E-state index contributed by atoms with van der Waals surface area (Å²) in [5.41, 5.74) is 0. The number of esters is 3. The average molecular weight is 871 g/mol. The van der Waals surface area contributed by atoms with Crippen LogP contribution in [0.3, 0.4) is 0 Å². The molecule has 0 aliphatic heterocycles. The molecule has 0 aliphatic rings. The molecule has 362 valence electrons. The minimum atomic E-state index is -0.779. The van der Waals surface area contributed by atoms with Gasteiger partial charge in [0.15, 0.2) is 6.10 Å². The molecular weight excluding hydrogens is 769 g/mol. The summed E-state index contributed by atoms with van der Waals surface area (Å²) in [6, 6.07) is 0. The summed E-state index contributed by atoms with van der Waals surface area (Å²) in [5, 5.41) is 0. The monoisotopic (exact) mass is 871 g/mol. The highest BCUT2D eigenvalue weighted by atomic mass is 16.6. The van der Waals surface area contributed by atoms with Crippen molar-refractivity contribution in [3.05, 3.63) is 36.5 Å². The Labute approximate surface area is 385 Å². The molecule has 62 heavy (non-hydrogen) atoms. The van der Waals surface area contributed by atoms with Crippen molar-refractivity contribution in [3.8, 4) is 0 Å². The normalized spacial score (nSPS) is 12.2. The fourth-order valence-electron chi connectivity index (χ4n) is 7.71. The van der Waals surface area contributed by atoms with Gasteiger partial charge in [0, 0.05) is 19.3 Å². The van der Waals surface area contributed by atoms with E-state index in [0.717, 1.165) is 77.0 Å². The third-order valence-electron chi connectivity index (χ3n) is 11.8. The van der Waals surface area contributed by atoms with Gasteiger partial charge in [-0.05, 0) is 89.9 Å². The second kappa shape index (κ2) is 51.3. The SMILES string of the molecule is CCCC/C=C\CCCCCCCC(=O)OC[C@H](COC(=O)CCCCCCCCC/C=C\CCCCCCCCCC)OC(=O)CCCCCCC/C=C\CCCCCCC. The number of unbranched alkanes of at least 4 members (excludes halogenated alkanes) is 32. The van der Waals surface area contributed by atoms with Crippen LogP contribution < -0.4 is 0 Å². The smallest absolute Gasteiger partial charge is 0.306 e. The van der Waals surface area contributed by atoms with Gasteiger partial charge in [-0.1, -0.05) is 211 Å². The summed E-state index contributed by atoms with van der Waals surface area (Å²) in [5.74, 6) is -0.892. The zero-order chi connectivity index (χ0) is 45.1. The maximum absolute atomic E-state index is 12.8. The van der Waals surface area contributed by atoms with Crippen LogP contribution in [0, 0.1) is 0 Å². The quantitative estimate of drug-likeness (QED) is 0.0262. The van der Waals surface area contributed by atoms with Crippen molar-refractivity contribution in [2.24, 2.45) is 0 Å². The summed E-state index contributed by atoms with van der Waals surface area (Å²) in [6.45, 7) is 6.59. The summed E-state index contributed by atoms with van der Waals surface area (Å²) >= 11 is 0. The maximum atomic E-state index is 12.8. The van der Waals surface area contributed by atoms with E-state index >= 15 is 0 Å². The van der Waals surface area contributed by atoms with Gasteiger partial charge in [0.25, 0.3) is 0 Å². The molecule has 0 aromatic rings. The molecule has 0 aliphatic carbocycles. The first-order valence-corrected chi connectivity index (χ1v) is 27.0. The Kier molecular flexibility index (Phi) is 49.3. The van der Waals surface area contributed by atoms with Crippen molar-refractivity contribution in [2.45, 2.75) is 290 Å². The van der Waals surface area contributed by atoms with Crippen LogP contribution in [0.1, 0.15) is 284 Å². The molecule has 0 radical (unpaired) electrons. The Morgan fingerprint density at radius 3 is 0.855 bits per heavy atom. The lowest BCUT2D eigenvalue weighted by Gasteiger charge is -2.18. The summed E-state index contributed by atoms with van der Waals surface area (Å²) < 4.78 is 16.8. The molecule has 0 bridgehead atoms. The molecule has 0 fully saturated rings. The molecule has 0 spiro atoms. The maximum Gasteiger partial charge on any atom is 0.306 e. The van der Waals surface area contributed by atoms with Crippen LogP contribution in [0.4, 0.5) is 0 Å². The minimum Gasteiger partial charge on any atom is -0.462 e. The molecule has 1 atom stereocenters. The Balaban J connectivity index is 4.32. The lowest BCUT2D eigenvalue weighted by Crippen LogP contribution is -2.30. The highest BCUT2D eigenvalue weighted by Gasteiger charge is 2.19. The standard InChI is InChI=1S/C56H102O6/c1-4-7-10-13-16-19-22-24-26-27-28-29-30-32-34-37-40-43-46-49-55(58)61-52-53(51-60-54(57)48-45-42-39-36-33-21-18-15-12-9-6-3)62-56(59)50-47-44-41-38-35-31-25-23-20-17-14-11-8-5-2/h15,18,23,25,27-28,53H,4-14,16-17,19-22,24,26,29-52H2,1-3H3/b18-15-,25-23-,28-27-/t53-/m1/s1. The molecule has 6 nitrogen and oxygen atoms in total. The Hall–Kier alpha value is -2.37. The number of ether oxygens (including phenoxy) is 3. The van der Waals surface area contributed by atoms with Gasteiger partial charge >= 0.3 is 17.9 Å². The minimum absolute atomic E-state index is 0.0788. The van der Waals surface area contributed by atoms with E-state index in [4.69, 9.17) is 14.2 Å². The van der Waals surface area contributed by atoms with Gasteiger partial charge in [-0.25, -0.2) is 0 Å². The van der Waals surface area contributed by atoms with E-state index < -0.39 is 6.10 Å². The summed E-state index contributed by atoms with van der Waals surface area (Å²) in [6.07, 6.45) is 59.9. The highest BCUT2D eigenvalue weighted by Crippen LogP contribution is 2.15. The van der Waals surface area contributed by atoms with E-state index in [2.05, 4.69) is 57.2 Å². The molecule has 0 aromatic heterocycles. The van der Waals surface area contributed by atoms with Crippen LogP contribution >= 0.6 is 0 Å². The van der Waals surface area contributed by atoms with E-state index in [-0.39, 0.29) is 31.1 Å². The summed E-state index contributed by atoms with van der Waals surface area (Å²) in [4.78, 5) is 38.0. The molecule has 0 heterocycles. The zero-order valence-electron chi connectivity index (χ0n) is 41.4. The van der Waals surface area contributed by atoms with Crippen molar-refractivity contribution < 1.29 is 28.6 Å². The number of carbonyl (C=O) groups is 3. The third-order valence-corrected chi connectivity index (χ3v) is 11.8. The molecule has 0 aromatic carbocycles. The lowest BCUT2D eigenvalue weighted by atomic mass is 10.1. The number of allylic oxidation sites excluding steroid dienone is 6. The predicted octanol–water partition coefficient (Wildman–Crippen LogP) is 17.7. The molecule has 0 saturated heterocycles. The van der Waals surface area contributed by atoms with E-state index in [9.17, 15) is 14.4 Å². The first-order valence-electron chi connectivity index (χ1n) is 27.0. The van der Waals surface area contributed by atoms with Crippen molar-refractivity contribution in [1.29, 1.82) is 0 Å². The van der Waals surface area contributed by atoms with Gasteiger partial charge in [-0.2, -0.15) is 0 Å². The molecule has 0 rings (SSSR count). The van der Waals surface area contributed by atoms with E-state index in [1.54, 1.807) is 0 Å². The average Bonchev–Trinajstić information content (AvgIpc) is 3.27. The number of rotatable bonds is 49.